The molecule has 6 heteroatoms. The number of hydrogen-bond acceptors (Lipinski definition) is 3. The monoisotopic (exact) mass is 274 g/mol. The van der Waals surface area contributed by atoms with Crippen LogP contribution in [0.1, 0.15) is 24.4 Å². The largest absolute Gasteiger partial charge is 0.310 e. The maximum atomic E-state index is 11.0. The van der Waals surface area contributed by atoms with E-state index in [-0.39, 0.29) is 22.0 Å². The van der Waals surface area contributed by atoms with Gasteiger partial charge in [0.1, 0.15) is 0 Å². The van der Waals surface area contributed by atoms with Gasteiger partial charge in [-0.2, -0.15) is 0 Å². The van der Waals surface area contributed by atoms with Gasteiger partial charge < -0.3 is 5.32 Å². The van der Waals surface area contributed by atoms with Gasteiger partial charge in [-0.3, -0.25) is 10.1 Å². The molecule has 1 aromatic carbocycles. The van der Waals surface area contributed by atoms with Crippen molar-refractivity contribution in [2.24, 2.45) is 0 Å². The number of halogens is 2. The van der Waals surface area contributed by atoms with Gasteiger partial charge in [0, 0.05) is 28.1 Å². The number of alkyl halides is 1. The minimum Gasteiger partial charge on any atom is -0.310 e. The first-order valence-electron chi connectivity index (χ1n) is 5.39. The molecule has 0 radical (unpaired) electrons. The van der Waals surface area contributed by atoms with Gasteiger partial charge in [0.2, 0.25) is 0 Å². The van der Waals surface area contributed by atoms with E-state index in [1.165, 1.54) is 12.1 Å². The summed E-state index contributed by atoms with van der Waals surface area (Å²) in [5.74, 6) is 0. The van der Waals surface area contributed by atoms with Crippen LogP contribution in [0.4, 0.5) is 5.69 Å². The molecule has 0 spiro atoms. The summed E-state index contributed by atoms with van der Waals surface area (Å²) in [5, 5.41) is 14.8. The van der Waals surface area contributed by atoms with Crippen LogP contribution in [0.25, 0.3) is 0 Å². The van der Waals surface area contributed by atoms with Crippen molar-refractivity contribution in [1.29, 1.82) is 0 Å². The Labute approximate surface area is 109 Å². The van der Waals surface area contributed by atoms with Crippen molar-refractivity contribution in [2.45, 2.75) is 24.3 Å². The molecule has 17 heavy (non-hydrogen) atoms. The van der Waals surface area contributed by atoms with E-state index in [0.717, 1.165) is 13.0 Å². The first kappa shape index (κ1) is 12.6. The SMILES string of the molecule is O=[N+]([O-])c1ccc(Cl)cc1C1CC(Cl)CCN1. The molecule has 1 aromatic rings. The van der Waals surface area contributed by atoms with Crippen molar-refractivity contribution in [3.05, 3.63) is 38.9 Å². The number of nitrogens with one attached hydrogen (secondary N) is 1. The van der Waals surface area contributed by atoms with Crippen molar-refractivity contribution < 1.29 is 4.92 Å². The number of hydrogen-bond donors (Lipinski definition) is 1. The molecule has 1 fully saturated rings. The third-order valence-electron chi connectivity index (χ3n) is 2.90. The highest BCUT2D eigenvalue weighted by Gasteiger charge is 2.27. The van der Waals surface area contributed by atoms with E-state index >= 15 is 0 Å². The molecule has 0 amide bonds. The molecule has 0 saturated carbocycles. The van der Waals surface area contributed by atoms with Gasteiger partial charge in [-0.05, 0) is 31.5 Å². The number of nitro benzene ring substituents is 1. The molecule has 1 saturated heterocycles. The van der Waals surface area contributed by atoms with E-state index in [1.807, 2.05) is 0 Å². The zero-order valence-electron chi connectivity index (χ0n) is 9.03. The minimum absolute atomic E-state index is 0.0554. The van der Waals surface area contributed by atoms with Crippen LogP contribution in [-0.2, 0) is 0 Å². The molecule has 1 N–H and O–H groups in total. The lowest BCUT2D eigenvalue weighted by Crippen LogP contribution is -2.32. The van der Waals surface area contributed by atoms with Gasteiger partial charge in [0.25, 0.3) is 5.69 Å². The maximum Gasteiger partial charge on any atom is 0.274 e. The van der Waals surface area contributed by atoms with E-state index in [4.69, 9.17) is 23.2 Å². The van der Waals surface area contributed by atoms with Gasteiger partial charge in [0.05, 0.1) is 4.92 Å². The normalized spacial score (nSPS) is 24.6. The topological polar surface area (TPSA) is 55.2 Å². The fraction of sp³-hybridized carbons (Fsp3) is 0.455. The van der Waals surface area contributed by atoms with Crippen molar-refractivity contribution >= 4 is 28.9 Å². The van der Waals surface area contributed by atoms with Gasteiger partial charge >= 0.3 is 0 Å². The molecule has 1 heterocycles. The molecule has 0 aromatic heterocycles. The lowest BCUT2D eigenvalue weighted by atomic mass is 9.96. The first-order valence-corrected chi connectivity index (χ1v) is 6.20. The molecule has 4 nitrogen and oxygen atoms in total. The van der Waals surface area contributed by atoms with Gasteiger partial charge in [-0.1, -0.05) is 11.6 Å². The Kier molecular flexibility index (Phi) is 3.86. The fourth-order valence-corrected chi connectivity index (χ4v) is 2.55. The predicted octanol–water partition coefficient (Wildman–Crippen LogP) is 3.28. The molecule has 0 aliphatic carbocycles. The molecule has 92 valence electrons. The molecular formula is C11H12Cl2N2O2. The summed E-state index contributed by atoms with van der Waals surface area (Å²) in [5.41, 5.74) is 0.713. The van der Waals surface area contributed by atoms with Crippen LogP contribution in [-0.4, -0.2) is 16.8 Å². The Balaban J connectivity index is 2.35. The van der Waals surface area contributed by atoms with Crippen molar-refractivity contribution in [3.63, 3.8) is 0 Å². The number of rotatable bonds is 2. The summed E-state index contributed by atoms with van der Waals surface area (Å²) < 4.78 is 0. The summed E-state index contributed by atoms with van der Waals surface area (Å²) >= 11 is 12.0. The molecule has 2 unspecified atom stereocenters. The van der Waals surface area contributed by atoms with Crippen molar-refractivity contribution in [2.75, 3.05) is 6.54 Å². The summed E-state index contributed by atoms with van der Waals surface area (Å²) in [6.07, 6.45) is 1.56. The quantitative estimate of drug-likeness (QED) is 0.512. The van der Waals surface area contributed by atoms with Crippen LogP contribution >= 0.6 is 23.2 Å². The number of nitro groups is 1. The molecule has 0 bridgehead atoms. The highest BCUT2D eigenvalue weighted by molar-refractivity contribution is 6.30. The summed E-state index contributed by atoms with van der Waals surface area (Å²) in [6, 6.07) is 4.53. The van der Waals surface area contributed by atoms with Crippen LogP contribution in [0.15, 0.2) is 18.2 Å². The Morgan fingerprint density at radius 3 is 2.88 bits per heavy atom. The Hall–Kier alpha value is -0.840. The van der Waals surface area contributed by atoms with E-state index < -0.39 is 0 Å². The van der Waals surface area contributed by atoms with Gasteiger partial charge in [0.15, 0.2) is 0 Å². The smallest absolute Gasteiger partial charge is 0.274 e. The summed E-state index contributed by atoms with van der Waals surface area (Å²) in [4.78, 5) is 10.6. The zero-order chi connectivity index (χ0) is 12.4. The molecule has 2 atom stereocenters. The average Bonchev–Trinajstić information content (AvgIpc) is 2.28. The Morgan fingerprint density at radius 1 is 1.47 bits per heavy atom. The summed E-state index contributed by atoms with van der Waals surface area (Å²) in [7, 11) is 0. The van der Waals surface area contributed by atoms with Gasteiger partial charge in [-0.25, -0.2) is 0 Å². The standard InChI is InChI=1S/C11H12Cl2N2O2/c12-7-1-2-11(15(16)17)9(5-7)10-6-8(13)3-4-14-10/h1-2,5,8,10,14H,3-4,6H2. The summed E-state index contributed by atoms with van der Waals surface area (Å²) in [6.45, 7) is 0.766. The van der Waals surface area contributed by atoms with E-state index in [9.17, 15) is 10.1 Å². The maximum absolute atomic E-state index is 11.0. The van der Waals surface area contributed by atoms with E-state index in [0.29, 0.717) is 17.0 Å². The number of piperidine rings is 1. The molecule has 1 aliphatic heterocycles. The van der Waals surface area contributed by atoms with E-state index in [1.54, 1.807) is 6.07 Å². The van der Waals surface area contributed by atoms with E-state index in [2.05, 4.69) is 5.32 Å². The Morgan fingerprint density at radius 2 is 2.24 bits per heavy atom. The van der Waals surface area contributed by atoms with Crippen molar-refractivity contribution in [1.82, 2.24) is 5.32 Å². The highest BCUT2D eigenvalue weighted by atomic mass is 35.5. The van der Waals surface area contributed by atoms with Crippen LogP contribution in [0.5, 0.6) is 0 Å². The highest BCUT2D eigenvalue weighted by Crippen LogP contribution is 2.33. The molecular weight excluding hydrogens is 263 g/mol. The second kappa shape index (κ2) is 5.21. The number of benzene rings is 1. The second-order valence-electron chi connectivity index (χ2n) is 4.09. The molecule has 2 rings (SSSR count). The third kappa shape index (κ3) is 2.89. The minimum atomic E-state index is -0.384. The molecule has 1 aliphatic rings. The average molecular weight is 275 g/mol. The fourth-order valence-electron chi connectivity index (χ4n) is 2.08. The van der Waals surface area contributed by atoms with Gasteiger partial charge in [-0.15, -0.1) is 11.6 Å². The predicted molar refractivity (Wildman–Crippen MR) is 67.7 cm³/mol. The third-order valence-corrected chi connectivity index (χ3v) is 3.53. The lowest BCUT2D eigenvalue weighted by Gasteiger charge is -2.27. The van der Waals surface area contributed by atoms with Crippen LogP contribution in [0.2, 0.25) is 5.02 Å². The van der Waals surface area contributed by atoms with Crippen LogP contribution in [0.3, 0.4) is 0 Å². The second-order valence-corrected chi connectivity index (χ2v) is 5.14. The zero-order valence-corrected chi connectivity index (χ0v) is 10.5. The van der Waals surface area contributed by atoms with Crippen molar-refractivity contribution in [3.8, 4) is 0 Å². The van der Waals surface area contributed by atoms with Crippen LogP contribution < -0.4 is 5.32 Å². The number of nitrogens with zero attached hydrogens (tertiary/aromatic N) is 1. The Bertz CT molecular complexity index is 439. The van der Waals surface area contributed by atoms with Crippen LogP contribution in [0, 0.1) is 10.1 Å². The lowest BCUT2D eigenvalue weighted by molar-refractivity contribution is -0.385. The first-order chi connectivity index (χ1) is 8.08.